The standard InChI is InChI=1S/C16H19F3N2/c1-10(2)13-4-3-5-14(16(17,18)19)15(13)11-6-7-12(8-20)21-9-11/h4,6-7,9-10H,3,5,8,20H2,1-2H3. The first-order chi connectivity index (χ1) is 9.84. The molecule has 0 fully saturated rings. The molecule has 0 saturated heterocycles. The Kier molecular flexibility index (Phi) is 4.52. The summed E-state index contributed by atoms with van der Waals surface area (Å²) in [6.45, 7) is 4.10. The van der Waals surface area contributed by atoms with Crippen LogP contribution in [0.2, 0.25) is 0 Å². The van der Waals surface area contributed by atoms with Crippen LogP contribution in [0.5, 0.6) is 0 Å². The largest absolute Gasteiger partial charge is 0.413 e. The van der Waals surface area contributed by atoms with Crippen molar-refractivity contribution < 1.29 is 13.2 Å². The fourth-order valence-corrected chi connectivity index (χ4v) is 2.62. The Hall–Kier alpha value is -1.62. The third-order valence-corrected chi connectivity index (χ3v) is 3.64. The number of allylic oxidation sites excluding steroid dienone is 4. The number of hydrogen-bond donors (Lipinski definition) is 1. The lowest BCUT2D eigenvalue weighted by molar-refractivity contribution is -0.0934. The van der Waals surface area contributed by atoms with Crippen molar-refractivity contribution in [1.29, 1.82) is 0 Å². The lowest BCUT2D eigenvalue weighted by Crippen LogP contribution is -2.18. The van der Waals surface area contributed by atoms with Gasteiger partial charge < -0.3 is 5.73 Å². The Morgan fingerprint density at radius 1 is 1.29 bits per heavy atom. The predicted octanol–water partition coefficient (Wildman–Crippen LogP) is 4.23. The maximum atomic E-state index is 13.3. The zero-order chi connectivity index (χ0) is 15.6. The lowest BCUT2D eigenvalue weighted by Gasteiger charge is -2.26. The molecule has 0 atom stereocenters. The number of halogens is 3. The summed E-state index contributed by atoms with van der Waals surface area (Å²) in [5.41, 5.74) is 7.25. The van der Waals surface area contributed by atoms with Crippen molar-refractivity contribution in [2.75, 3.05) is 0 Å². The summed E-state index contributed by atoms with van der Waals surface area (Å²) in [4.78, 5) is 4.13. The molecule has 21 heavy (non-hydrogen) atoms. The molecule has 2 N–H and O–H groups in total. The summed E-state index contributed by atoms with van der Waals surface area (Å²) in [6.07, 6.45) is -0.457. The van der Waals surface area contributed by atoms with Crippen molar-refractivity contribution in [1.82, 2.24) is 4.98 Å². The normalized spacial score (nSPS) is 16.4. The van der Waals surface area contributed by atoms with E-state index in [1.54, 1.807) is 12.1 Å². The van der Waals surface area contributed by atoms with E-state index in [2.05, 4.69) is 4.98 Å². The van der Waals surface area contributed by atoms with Crippen molar-refractivity contribution in [2.45, 2.75) is 39.4 Å². The molecule has 0 unspecified atom stereocenters. The van der Waals surface area contributed by atoms with Crippen LogP contribution in [-0.2, 0) is 6.54 Å². The van der Waals surface area contributed by atoms with Gasteiger partial charge in [0, 0.05) is 23.9 Å². The molecule has 2 nitrogen and oxygen atoms in total. The molecule has 2 rings (SSSR count). The molecule has 0 saturated carbocycles. The van der Waals surface area contributed by atoms with Gasteiger partial charge in [-0.2, -0.15) is 13.2 Å². The van der Waals surface area contributed by atoms with Gasteiger partial charge in [0.05, 0.1) is 5.69 Å². The third kappa shape index (κ3) is 3.35. The summed E-state index contributed by atoms with van der Waals surface area (Å²) in [7, 11) is 0. The molecule has 1 heterocycles. The number of aromatic nitrogens is 1. The molecule has 0 aliphatic heterocycles. The molecule has 0 bridgehead atoms. The van der Waals surface area contributed by atoms with Gasteiger partial charge in [0.15, 0.2) is 0 Å². The maximum Gasteiger partial charge on any atom is 0.413 e. The molecule has 1 aromatic rings. The van der Waals surface area contributed by atoms with E-state index < -0.39 is 11.7 Å². The lowest BCUT2D eigenvalue weighted by atomic mass is 9.81. The van der Waals surface area contributed by atoms with Crippen molar-refractivity contribution >= 4 is 5.57 Å². The summed E-state index contributed by atoms with van der Waals surface area (Å²) in [5, 5.41) is 0. The number of pyridine rings is 1. The fourth-order valence-electron chi connectivity index (χ4n) is 2.62. The smallest absolute Gasteiger partial charge is 0.325 e. The number of alkyl halides is 3. The van der Waals surface area contributed by atoms with Gasteiger partial charge in [-0.1, -0.05) is 26.0 Å². The van der Waals surface area contributed by atoms with E-state index in [1.807, 2.05) is 19.9 Å². The maximum absolute atomic E-state index is 13.3. The van der Waals surface area contributed by atoms with Crippen LogP contribution in [-0.4, -0.2) is 11.2 Å². The van der Waals surface area contributed by atoms with E-state index in [-0.39, 0.29) is 18.9 Å². The van der Waals surface area contributed by atoms with Crippen molar-refractivity contribution in [3.63, 3.8) is 0 Å². The number of rotatable bonds is 3. The predicted molar refractivity (Wildman–Crippen MR) is 77.3 cm³/mol. The molecule has 0 aromatic carbocycles. The molecule has 0 spiro atoms. The van der Waals surface area contributed by atoms with Crippen LogP contribution < -0.4 is 5.73 Å². The average molecular weight is 296 g/mol. The number of nitrogens with two attached hydrogens (primary N) is 1. The minimum absolute atomic E-state index is 0.0215. The molecule has 5 heteroatoms. The van der Waals surface area contributed by atoms with Gasteiger partial charge in [0.25, 0.3) is 0 Å². The van der Waals surface area contributed by atoms with Crippen LogP contribution in [0.15, 0.2) is 35.6 Å². The van der Waals surface area contributed by atoms with E-state index in [0.29, 0.717) is 23.3 Å². The highest BCUT2D eigenvalue weighted by atomic mass is 19.4. The van der Waals surface area contributed by atoms with Crippen LogP contribution >= 0.6 is 0 Å². The van der Waals surface area contributed by atoms with E-state index in [1.165, 1.54) is 6.20 Å². The molecule has 1 aliphatic rings. The Balaban J connectivity index is 2.59. The zero-order valence-corrected chi connectivity index (χ0v) is 12.2. The topological polar surface area (TPSA) is 38.9 Å². The van der Waals surface area contributed by atoms with Gasteiger partial charge >= 0.3 is 6.18 Å². The summed E-state index contributed by atoms with van der Waals surface area (Å²) in [6, 6.07) is 3.36. The molecular formula is C16H19F3N2. The Labute approximate surface area is 122 Å². The fraction of sp³-hybridized carbons (Fsp3) is 0.438. The van der Waals surface area contributed by atoms with Crippen molar-refractivity contribution in [2.24, 2.45) is 11.7 Å². The zero-order valence-electron chi connectivity index (χ0n) is 12.2. The summed E-state index contributed by atoms with van der Waals surface area (Å²) in [5.74, 6) is 0.0341. The first kappa shape index (κ1) is 15.8. The number of nitrogens with zero attached hydrogens (tertiary/aromatic N) is 1. The molecular weight excluding hydrogens is 277 g/mol. The highest BCUT2D eigenvalue weighted by Crippen LogP contribution is 2.43. The Bertz CT molecular complexity index is 566. The SMILES string of the molecule is CC(C)C1=CCCC(C(F)(F)F)=C1c1ccc(CN)nc1. The van der Waals surface area contributed by atoms with Crippen LogP contribution in [0, 0.1) is 5.92 Å². The first-order valence-corrected chi connectivity index (χ1v) is 7.00. The highest BCUT2D eigenvalue weighted by molar-refractivity contribution is 5.83. The average Bonchev–Trinajstić information content (AvgIpc) is 2.45. The van der Waals surface area contributed by atoms with Crippen LogP contribution in [0.4, 0.5) is 13.2 Å². The molecule has 0 amide bonds. The first-order valence-electron chi connectivity index (χ1n) is 7.00. The van der Waals surface area contributed by atoms with Gasteiger partial charge in [0.1, 0.15) is 0 Å². The van der Waals surface area contributed by atoms with Gasteiger partial charge in [-0.05, 0) is 36.0 Å². The molecule has 1 aliphatic carbocycles. The van der Waals surface area contributed by atoms with E-state index in [9.17, 15) is 13.2 Å². The second-order valence-electron chi connectivity index (χ2n) is 5.45. The van der Waals surface area contributed by atoms with Crippen molar-refractivity contribution in [3.05, 3.63) is 46.8 Å². The van der Waals surface area contributed by atoms with Crippen LogP contribution in [0.1, 0.15) is 37.9 Å². The van der Waals surface area contributed by atoms with E-state index >= 15 is 0 Å². The summed E-state index contributed by atoms with van der Waals surface area (Å²) < 4.78 is 40.0. The second kappa shape index (κ2) is 6.02. The molecule has 1 aromatic heterocycles. The quantitative estimate of drug-likeness (QED) is 0.906. The third-order valence-electron chi connectivity index (χ3n) is 3.64. The van der Waals surface area contributed by atoms with Gasteiger partial charge in [-0.15, -0.1) is 0 Å². The van der Waals surface area contributed by atoms with E-state index in [4.69, 9.17) is 5.73 Å². The highest BCUT2D eigenvalue weighted by Gasteiger charge is 2.38. The number of hydrogen-bond acceptors (Lipinski definition) is 2. The van der Waals surface area contributed by atoms with Crippen molar-refractivity contribution in [3.8, 4) is 0 Å². The Morgan fingerprint density at radius 3 is 2.48 bits per heavy atom. The molecule has 114 valence electrons. The minimum atomic E-state index is -4.31. The van der Waals surface area contributed by atoms with Crippen LogP contribution in [0.25, 0.3) is 5.57 Å². The van der Waals surface area contributed by atoms with E-state index in [0.717, 1.165) is 5.57 Å². The van der Waals surface area contributed by atoms with Crippen LogP contribution in [0.3, 0.4) is 0 Å². The van der Waals surface area contributed by atoms with Gasteiger partial charge in [0.2, 0.25) is 0 Å². The summed E-state index contributed by atoms with van der Waals surface area (Å²) >= 11 is 0. The second-order valence-corrected chi connectivity index (χ2v) is 5.45. The van der Waals surface area contributed by atoms with Gasteiger partial charge in [-0.3, -0.25) is 4.98 Å². The minimum Gasteiger partial charge on any atom is -0.325 e. The Morgan fingerprint density at radius 2 is 2.00 bits per heavy atom. The van der Waals surface area contributed by atoms with Gasteiger partial charge in [-0.25, -0.2) is 0 Å². The monoisotopic (exact) mass is 296 g/mol. The molecule has 0 radical (unpaired) electrons.